The molecular formula is C17H19N3O2S2. The zero-order valence-corrected chi connectivity index (χ0v) is 14.9. The summed E-state index contributed by atoms with van der Waals surface area (Å²) < 4.78 is 13.5. The lowest BCUT2D eigenvalue weighted by molar-refractivity contribution is 0.0315. The lowest BCUT2D eigenvalue weighted by Gasteiger charge is -2.21. The highest BCUT2D eigenvalue weighted by atomic mass is 32.2. The molecule has 4 heterocycles. The number of nitrogens with zero attached hydrogens (tertiary/aromatic N) is 3. The molecule has 3 aromatic heterocycles. The zero-order valence-electron chi connectivity index (χ0n) is 13.3. The van der Waals surface area contributed by atoms with E-state index in [1.807, 2.05) is 18.2 Å². The fourth-order valence-corrected chi connectivity index (χ4v) is 4.51. The van der Waals surface area contributed by atoms with Gasteiger partial charge in [-0.15, -0.1) is 21.5 Å². The Bertz CT molecular complexity index is 747. The number of thioether (sulfide) groups is 1. The summed E-state index contributed by atoms with van der Waals surface area (Å²) in [6.07, 6.45) is 5.59. The van der Waals surface area contributed by atoms with Gasteiger partial charge >= 0.3 is 0 Å². The van der Waals surface area contributed by atoms with Crippen LogP contribution in [0.15, 0.2) is 45.5 Å². The minimum atomic E-state index is 0.322. The van der Waals surface area contributed by atoms with Crippen LogP contribution >= 0.6 is 23.1 Å². The molecule has 24 heavy (non-hydrogen) atoms. The molecule has 0 bridgehead atoms. The molecule has 1 unspecified atom stereocenters. The minimum absolute atomic E-state index is 0.322. The number of hydrogen-bond acceptors (Lipinski definition) is 6. The van der Waals surface area contributed by atoms with E-state index in [-0.39, 0.29) is 0 Å². The van der Waals surface area contributed by atoms with Crippen molar-refractivity contribution >= 4 is 23.1 Å². The van der Waals surface area contributed by atoms with Crippen LogP contribution in [0.25, 0.3) is 10.7 Å². The molecule has 7 heteroatoms. The molecule has 0 spiro atoms. The Kier molecular flexibility index (Phi) is 5.01. The van der Waals surface area contributed by atoms with Crippen LogP contribution in [0.5, 0.6) is 0 Å². The van der Waals surface area contributed by atoms with Gasteiger partial charge < -0.3 is 9.15 Å². The maximum Gasteiger partial charge on any atom is 0.192 e. The Hall–Kier alpha value is -1.57. The summed E-state index contributed by atoms with van der Waals surface area (Å²) in [6.45, 7) is 1.52. The summed E-state index contributed by atoms with van der Waals surface area (Å²) in [7, 11) is 0. The van der Waals surface area contributed by atoms with Crippen LogP contribution in [0.1, 0.15) is 25.0 Å². The lowest BCUT2D eigenvalue weighted by atomic mass is 10.1. The Balaban J connectivity index is 1.56. The third-order valence-corrected chi connectivity index (χ3v) is 5.99. The Morgan fingerprint density at radius 2 is 2.25 bits per heavy atom. The highest BCUT2D eigenvalue weighted by Crippen LogP contribution is 2.29. The van der Waals surface area contributed by atoms with Gasteiger partial charge in [-0.05, 0) is 42.8 Å². The Labute approximate surface area is 149 Å². The summed E-state index contributed by atoms with van der Waals surface area (Å²) in [5, 5.41) is 11.8. The van der Waals surface area contributed by atoms with Crippen molar-refractivity contribution in [1.29, 1.82) is 0 Å². The number of thiophene rings is 1. The topological polar surface area (TPSA) is 53.1 Å². The van der Waals surface area contributed by atoms with E-state index in [1.165, 1.54) is 12.8 Å². The van der Waals surface area contributed by atoms with Gasteiger partial charge in [-0.1, -0.05) is 17.8 Å². The average Bonchev–Trinajstić information content (AvgIpc) is 3.37. The molecule has 0 aromatic carbocycles. The smallest absolute Gasteiger partial charge is 0.192 e. The molecule has 126 valence electrons. The zero-order chi connectivity index (χ0) is 16.2. The normalized spacial score (nSPS) is 18.1. The van der Waals surface area contributed by atoms with Gasteiger partial charge in [-0.25, -0.2) is 0 Å². The van der Waals surface area contributed by atoms with Gasteiger partial charge in [0, 0.05) is 12.4 Å². The quantitative estimate of drug-likeness (QED) is 0.612. The number of furan rings is 1. The molecule has 4 rings (SSSR count). The summed E-state index contributed by atoms with van der Waals surface area (Å²) in [6, 6.07) is 8.00. The van der Waals surface area contributed by atoms with Crippen LogP contribution in [0.4, 0.5) is 0 Å². The highest BCUT2D eigenvalue weighted by molar-refractivity contribution is 7.99. The van der Waals surface area contributed by atoms with Crippen molar-refractivity contribution in [3.05, 3.63) is 41.7 Å². The van der Waals surface area contributed by atoms with Crippen LogP contribution in [0, 0.1) is 0 Å². The van der Waals surface area contributed by atoms with E-state index in [0.29, 0.717) is 12.6 Å². The summed E-state index contributed by atoms with van der Waals surface area (Å²) in [5.74, 6) is 2.72. The summed E-state index contributed by atoms with van der Waals surface area (Å²) in [5.41, 5.74) is 0. The van der Waals surface area contributed by atoms with Gasteiger partial charge in [0.2, 0.25) is 0 Å². The van der Waals surface area contributed by atoms with Crippen molar-refractivity contribution in [2.75, 3.05) is 12.4 Å². The third kappa shape index (κ3) is 3.58. The van der Waals surface area contributed by atoms with Gasteiger partial charge in [0.05, 0.1) is 23.8 Å². The summed E-state index contributed by atoms with van der Waals surface area (Å²) >= 11 is 3.40. The first-order valence-electron chi connectivity index (χ1n) is 8.14. The highest BCUT2D eigenvalue weighted by Gasteiger charge is 2.19. The third-order valence-electron chi connectivity index (χ3n) is 4.02. The molecule has 0 aliphatic carbocycles. The maximum atomic E-state index is 5.83. The van der Waals surface area contributed by atoms with Gasteiger partial charge in [0.25, 0.3) is 0 Å². The van der Waals surface area contributed by atoms with E-state index < -0.39 is 0 Å². The molecule has 5 nitrogen and oxygen atoms in total. The molecule has 1 fully saturated rings. The van der Waals surface area contributed by atoms with E-state index in [9.17, 15) is 0 Å². The lowest BCUT2D eigenvalue weighted by Crippen LogP contribution is -2.21. The molecule has 0 N–H and O–H groups in total. The van der Waals surface area contributed by atoms with Gasteiger partial charge in [-0.3, -0.25) is 4.57 Å². The van der Waals surface area contributed by atoms with Gasteiger partial charge in [0.15, 0.2) is 11.0 Å². The molecule has 0 radical (unpaired) electrons. The SMILES string of the molecule is c1coc(Cn2c(SCC3CCCCO3)nnc2-c2cccs2)c1. The predicted molar refractivity (Wildman–Crippen MR) is 95.5 cm³/mol. The molecular weight excluding hydrogens is 342 g/mol. The second kappa shape index (κ2) is 7.55. The molecule has 1 aliphatic rings. The molecule has 0 saturated carbocycles. The summed E-state index contributed by atoms with van der Waals surface area (Å²) in [4.78, 5) is 1.12. The largest absolute Gasteiger partial charge is 0.467 e. The van der Waals surface area contributed by atoms with E-state index in [0.717, 1.165) is 40.4 Å². The Morgan fingerprint density at radius 3 is 3.00 bits per heavy atom. The van der Waals surface area contributed by atoms with Crippen molar-refractivity contribution in [2.24, 2.45) is 0 Å². The number of rotatable bonds is 6. The number of aromatic nitrogens is 3. The van der Waals surface area contributed by atoms with E-state index in [1.54, 1.807) is 29.4 Å². The molecule has 3 aromatic rings. The molecule has 0 amide bonds. The van der Waals surface area contributed by atoms with Gasteiger partial charge in [-0.2, -0.15) is 0 Å². The first-order chi connectivity index (χ1) is 11.9. The molecule has 1 atom stereocenters. The fourth-order valence-electron chi connectivity index (χ4n) is 2.79. The van der Waals surface area contributed by atoms with Crippen molar-refractivity contribution in [2.45, 2.75) is 37.1 Å². The van der Waals surface area contributed by atoms with Crippen molar-refractivity contribution in [3.63, 3.8) is 0 Å². The molecule has 1 aliphatic heterocycles. The van der Waals surface area contributed by atoms with Crippen molar-refractivity contribution in [3.8, 4) is 10.7 Å². The predicted octanol–water partition coefficient (Wildman–Crippen LogP) is 4.31. The van der Waals surface area contributed by atoms with Crippen LogP contribution < -0.4 is 0 Å². The van der Waals surface area contributed by atoms with Crippen LogP contribution in [-0.2, 0) is 11.3 Å². The van der Waals surface area contributed by atoms with Crippen LogP contribution in [-0.4, -0.2) is 33.2 Å². The second-order valence-electron chi connectivity index (χ2n) is 5.75. The second-order valence-corrected chi connectivity index (χ2v) is 7.68. The first-order valence-corrected chi connectivity index (χ1v) is 10.0. The Morgan fingerprint density at radius 1 is 1.25 bits per heavy atom. The maximum absolute atomic E-state index is 5.83. The minimum Gasteiger partial charge on any atom is -0.467 e. The molecule has 1 saturated heterocycles. The van der Waals surface area contributed by atoms with Crippen LogP contribution in [0.2, 0.25) is 0 Å². The van der Waals surface area contributed by atoms with E-state index in [4.69, 9.17) is 9.15 Å². The van der Waals surface area contributed by atoms with E-state index in [2.05, 4.69) is 26.2 Å². The monoisotopic (exact) mass is 361 g/mol. The van der Waals surface area contributed by atoms with Crippen molar-refractivity contribution in [1.82, 2.24) is 14.8 Å². The fraction of sp³-hybridized carbons (Fsp3) is 0.412. The van der Waals surface area contributed by atoms with Crippen molar-refractivity contribution < 1.29 is 9.15 Å². The number of ether oxygens (including phenoxy) is 1. The van der Waals surface area contributed by atoms with E-state index >= 15 is 0 Å². The van der Waals surface area contributed by atoms with Crippen LogP contribution in [0.3, 0.4) is 0 Å². The van der Waals surface area contributed by atoms with Gasteiger partial charge in [0.1, 0.15) is 5.76 Å². The first kappa shape index (κ1) is 15.9. The number of hydrogen-bond donors (Lipinski definition) is 0. The standard InChI is InChI=1S/C17H19N3O2S2/c1-2-8-22-14(5-1)12-24-17-19-18-16(15-7-4-10-23-15)20(17)11-13-6-3-9-21-13/h3-4,6-7,9-10,14H,1-2,5,8,11-12H2. The average molecular weight is 361 g/mol.